The van der Waals surface area contributed by atoms with Crippen LogP contribution in [0.3, 0.4) is 0 Å². The molecule has 0 spiro atoms. The molecule has 1 heterocycles. The van der Waals surface area contributed by atoms with Gasteiger partial charge in [-0.3, -0.25) is 14.6 Å². The normalized spacial score (nSPS) is 12.1. The maximum Gasteiger partial charge on any atom is 0.325 e. The molecular weight excluding hydrogens is 192 g/mol. The maximum absolute atomic E-state index is 11.2. The van der Waals surface area contributed by atoms with Crippen molar-refractivity contribution in [3.63, 3.8) is 0 Å². The van der Waals surface area contributed by atoms with Crippen LogP contribution in [0.25, 0.3) is 0 Å². The first kappa shape index (κ1) is 9.66. The Kier molecular flexibility index (Phi) is 2.97. The monoisotopic (exact) mass is 200 g/mol. The molecule has 6 heteroatoms. The number of amides is 1. The van der Waals surface area contributed by atoms with Gasteiger partial charge in [-0.2, -0.15) is 0 Å². The van der Waals surface area contributed by atoms with E-state index < -0.39 is 17.9 Å². The van der Waals surface area contributed by atoms with Crippen LogP contribution in [0.15, 0.2) is 11.7 Å². The molecule has 0 saturated carbocycles. The van der Waals surface area contributed by atoms with Gasteiger partial charge in [0.25, 0.3) is 5.91 Å². The largest absolute Gasteiger partial charge is 0.480 e. The van der Waals surface area contributed by atoms with Gasteiger partial charge in [0.15, 0.2) is 0 Å². The Balaban J connectivity index is 2.56. The third-order valence-electron chi connectivity index (χ3n) is 1.37. The van der Waals surface area contributed by atoms with E-state index in [1.54, 1.807) is 0 Å². The van der Waals surface area contributed by atoms with E-state index in [0.29, 0.717) is 4.88 Å². The van der Waals surface area contributed by atoms with E-state index in [-0.39, 0.29) is 0 Å². The molecular formula is C7H8N2O3S. The van der Waals surface area contributed by atoms with Crippen LogP contribution in [0.1, 0.15) is 16.6 Å². The zero-order valence-electron chi connectivity index (χ0n) is 6.85. The van der Waals surface area contributed by atoms with E-state index in [1.807, 2.05) is 0 Å². The molecule has 0 aliphatic heterocycles. The van der Waals surface area contributed by atoms with E-state index in [4.69, 9.17) is 5.11 Å². The van der Waals surface area contributed by atoms with Crippen molar-refractivity contribution in [2.24, 2.45) is 0 Å². The second-order valence-electron chi connectivity index (χ2n) is 2.40. The van der Waals surface area contributed by atoms with Crippen LogP contribution >= 0.6 is 11.3 Å². The van der Waals surface area contributed by atoms with Gasteiger partial charge in [-0.05, 0) is 6.92 Å². The Labute approximate surface area is 78.4 Å². The van der Waals surface area contributed by atoms with Crippen molar-refractivity contribution < 1.29 is 14.7 Å². The minimum Gasteiger partial charge on any atom is -0.480 e. The van der Waals surface area contributed by atoms with Gasteiger partial charge >= 0.3 is 5.97 Å². The highest BCUT2D eigenvalue weighted by atomic mass is 32.1. The van der Waals surface area contributed by atoms with Gasteiger partial charge in [0.05, 0.1) is 11.7 Å². The SMILES string of the molecule is C[C@@H](NC(=O)c1cncs1)C(=O)O. The Morgan fingerprint density at radius 2 is 2.38 bits per heavy atom. The molecule has 0 radical (unpaired) electrons. The smallest absolute Gasteiger partial charge is 0.325 e. The molecule has 0 aromatic carbocycles. The van der Waals surface area contributed by atoms with Crippen molar-refractivity contribution in [3.8, 4) is 0 Å². The van der Waals surface area contributed by atoms with Crippen molar-refractivity contribution >= 4 is 23.2 Å². The lowest BCUT2D eigenvalue weighted by Gasteiger charge is -2.06. The van der Waals surface area contributed by atoms with Gasteiger partial charge in [0.2, 0.25) is 0 Å². The molecule has 5 nitrogen and oxygen atoms in total. The van der Waals surface area contributed by atoms with E-state index in [9.17, 15) is 9.59 Å². The molecule has 0 bridgehead atoms. The fourth-order valence-corrected chi connectivity index (χ4v) is 1.18. The minimum atomic E-state index is -1.06. The average molecular weight is 200 g/mol. The van der Waals surface area contributed by atoms with Crippen LogP contribution in [0, 0.1) is 0 Å². The number of aliphatic carboxylic acids is 1. The summed E-state index contributed by atoms with van der Waals surface area (Å²) in [7, 11) is 0. The number of nitrogens with zero attached hydrogens (tertiary/aromatic N) is 1. The number of nitrogens with one attached hydrogen (secondary N) is 1. The number of carbonyl (C=O) groups excluding carboxylic acids is 1. The summed E-state index contributed by atoms with van der Waals surface area (Å²) < 4.78 is 0. The highest BCUT2D eigenvalue weighted by Gasteiger charge is 2.15. The summed E-state index contributed by atoms with van der Waals surface area (Å²) in [5, 5.41) is 10.8. The van der Waals surface area contributed by atoms with Crippen molar-refractivity contribution in [2.45, 2.75) is 13.0 Å². The lowest BCUT2D eigenvalue weighted by molar-refractivity contribution is -0.138. The summed E-state index contributed by atoms with van der Waals surface area (Å²) >= 11 is 1.17. The fourth-order valence-electron chi connectivity index (χ4n) is 0.657. The van der Waals surface area contributed by atoms with E-state index in [2.05, 4.69) is 10.3 Å². The van der Waals surface area contributed by atoms with Gasteiger partial charge in [-0.1, -0.05) is 0 Å². The molecule has 2 N–H and O–H groups in total. The number of carboxylic acid groups (broad SMARTS) is 1. The molecule has 0 saturated heterocycles. The summed E-state index contributed by atoms with van der Waals surface area (Å²) in [5.41, 5.74) is 1.51. The molecule has 70 valence electrons. The van der Waals surface area contributed by atoms with Gasteiger partial charge in [-0.15, -0.1) is 11.3 Å². The van der Waals surface area contributed by atoms with E-state index in [1.165, 1.54) is 30.0 Å². The number of aromatic nitrogens is 1. The van der Waals surface area contributed by atoms with Crippen LogP contribution in [0.4, 0.5) is 0 Å². The molecule has 1 amide bonds. The highest BCUT2D eigenvalue weighted by molar-refractivity contribution is 7.11. The lowest BCUT2D eigenvalue weighted by Crippen LogP contribution is -2.37. The Bertz CT molecular complexity index is 310. The maximum atomic E-state index is 11.2. The van der Waals surface area contributed by atoms with Crippen LogP contribution in [-0.2, 0) is 4.79 Å². The summed E-state index contributed by atoms with van der Waals surface area (Å²) in [6.45, 7) is 1.40. The zero-order chi connectivity index (χ0) is 9.84. The first-order valence-electron chi connectivity index (χ1n) is 3.53. The molecule has 1 aromatic heterocycles. The van der Waals surface area contributed by atoms with Crippen LogP contribution in [0.2, 0.25) is 0 Å². The first-order chi connectivity index (χ1) is 6.11. The van der Waals surface area contributed by atoms with Crippen LogP contribution in [-0.4, -0.2) is 28.0 Å². The highest BCUT2D eigenvalue weighted by Crippen LogP contribution is 2.04. The third kappa shape index (κ3) is 2.51. The fraction of sp³-hybridized carbons (Fsp3) is 0.286. The molecule has 0 aliphatic rings. The number of rotatable bonds is 3. The summed E-state index contributed by atoms with van der Waals surface area (Å²) in [5.74, 6) is -1.46. The van der Waals surface area contributed by atoms with E-state index >= 15 is 0 Å². The minimum absolute atomic E-state index is 0.405. The van der Waals surface area contributed by atoms with Crippen molar-refractivity contribution in [3.05, 3.63) is 16.6 Å². The summed E-state index contributed by atoms with van der Waals surface area (Å²) in [6, 6.07) is -0.880. The topological polar surface area (TPSA) is 79.3 Å². The zero-order valence-corrected chi connectivity index (χ0v) is 7.67. The van der Waals surface area contributed by atoms with E-state index in [0.717, 1.165) is 0 Å². The second kappa shape index (κ2) is 3.99. The standard InChI is InChI=1S/C7H8N2O3S/c1-4(7(11)12)9-6(10)5-2-8-3-13-5/h2-4H,1H3,(H,9,10)(H,11,12)/t4-/m1/s1. The number of hydrogen-bond acceptors (Lipinski definition) is 4. The Hall–Kier alpha value is -1.43. The molecule has 0 unspecified atom stereocenters. The average Bonchev–Trinajstić information content (AvgIpc) is 2.55. The molecule has 1 atom stereocenters. The third-order valence-corrected chi connectivity index (χ3v) is 2.15. The van der Waals surface area contributed by atoms with Gasteiger partial charge < -0.3 is 10.4 Å². The molecule has 13 heavy (non-hydrogen) atoms. The quantitative estimate of drug-likeness (QED) is 0.737. The number of hydrogen-bond donors (Lipinski definition) is 2. The number of thiazole rings is 1. The lowest BCUT2D eigenvalue weighted by atomic mass is 10.3. The first-order valence-corrected chi connectivity index (χ1v) is 4.41. The predicted octanol–water partition coefficient (Wildman–Crippen LogP) is 0.346. The van der Waals surface area contributed by atoms with Gasteiger partial charge in [-0.25, -0.2) is 0 Å². The predicted molar refractivity (Wildman–Crippen MR) is 46.7 cm³/mol. The number of carbonyl (C=O) groups is 2. The molecule has 0 aliphatic carbocycles. The second-order valence-corrected chi connectivity index (χ2v) is 3.29. The van der Waals surface area contributed by atoms with Crippen molar-refractivity contribution in [1.82, 2.24) is 10.3 Å². The summed E-state index contributed by atoms with van der Waals surface area (Å²) in [6.07, 6.45) is 1.40. The van der Waals surface area contributed by atoms with Crippen molar-refractivity contribution in [2.75, 3.05) is 0 Å². The summed E-state index contributed by atoms with van der Waals surface area (Å²) in [4.78, 5) is 25.7. The number of carboxylic acids is 1. The van der Waals surface area contributed by atoms with Crippen LogP contribution < -0.4 is 5.32 Å². The van der Waals surface area contributed by atoms with Gasteiger partial charge in [0.1, 0.15) is 10.9 Å². The van der Waals surface area contributed by atoms with Crippen molar-refractivity contribution in [1.29, 1.82) is 0 Å². The molecule has 1 aromatic rings. The van der Waals surface area contributed by atoms with Gasteiger partial charge in [0, 0.05) is 0 Å². The Morgan fingerprint density at radius 3 is 2.85 bits per heavy atom. The Morgan fingerprint density at radius 1 is 1.69 bits per heavy atom. The molecule has 1 rings (SSSR count). The molecule has 0 fully saturated rings. The van der Waals surface area contributed by atoms with Crippen LogP contribution in [0.5, 0.6) is 0 Å².